The SMILES string of the molecule is CCC1CC(C(=O)O)C(C(=O)NCc2ncn(C)n2)C1. The van der Waals surface area contributed by atoms with E-state index in [2.05, 4.69) is 15.4 Å². The quantitative estimate of drug-likeness (QED) is 0.821. The molecule has 0 aromatic carbocycles. The van der Waals surface area contributed by atoms with Crippen LogP contribution in [-0.4, -0.2) is 31.7 Å². The van der Waals surface area contributed by atoms with Gasteiger partial charge in [-0.3, -0.25) is 14.3 Å². The van der Waals surface area contributed by atoms with E-state index in [9.17, 15) is 14.7 Å². The minimum atomic E-state index is -0.878. The molecule has 1 fully saturated rings. The normalized spacial score (nSPS) is 25.6. The first-order chi connectivity index (χ1) is 9.51. The van der Waals surface area contributed by atoms with Crippen LogP contribution in [0.5, 0.6) is 0 Å². The van der Waals surface area contributed by atoms with Crippen LogP contribution in [0.15, 0.2) is 6.33 Å². The highest BCUT2D eigenvalue weighted by Gasteiger charge is 2.41. The van der Waals surface area contributed by atoms with Crippen LogP contribution in [0, 0.1) is 17.8 Å². The molecule has 3 atom stereocenters. The molecular formula is C13H20N4O3. The van der Waals surface area contributed by atoms with Gasteiger partial charge in [0.15, 0.2) is 5.82 Å². The number of aromatic nitrogens is 3. The summed E-state index contributed by atoms with van der Waals surface area (Å²) in [6, 6.07) is 0. The maximum Gasteiger partial charge on any atom is 0.307 e. The third kappa shape index (κ3) is 3.15. The van der Waals surface area contributed by atoms with Crippen LogP contribution >= 0.6 is 0 Å². The summed E-state index contributed by atoms with van der Waals surface area (Å²) in [4.78, 5) is 27.4. The highest BCUT2D eigenvalue weighted by atomic mass is 16.4. The average Bonchev–Trinajstić information content (AvgIpc) is 3.02. The minimum absolute atomic E-state index is 0.208. The number of rotatable bonds is 5. The number of carboxylic acids is 1. The second-order valence-electron chi connectivity index (χ2n) is 5.35. The van der Waals surface area contributed by atoms with Crippen molar-refractivity contribution in [1.82, 2.24) is 20.1 Å². The van der Waals surface area contributed by atoms with E-state index in [4.69, 9.17) is 0 Å². The zero-order valence-electron chi connectivity index (χ0n) is 11.7. The van der Waals surface area contributed by atoms with Crippen molar-refractivity contribution < 1.29 is 14.7 Å². The number of hydrogen-bond donors (Lipinski definition) is 2. The van der Waals surface area contributed by atoms with E-state index in [0.29, 0.717) is 24.6 Å². The van der Waals surface area contributed by atoms with Crippen molar-refractivity contribution in [3.05, 3.63) is 12.2 Å². The molecule has 0 radical (unpaired) electrons. The minimum Gasteiger partial charge on any atom is -0.481 e. The third-order valence-electron chi connectivity index (χ3n) is 3.96. The number of hydrogen-bond acceptors (Lipinski definition) is 4. The Labute approximate surface area is 117 Å². The Balaban J connectivity index is 1.95. The summed E-state index contributed by atoms with van der Waals surface area (Å²) in [5, 5.41) is 16.0. The molecule has 3 unspecified atom stereocenters. The number of aryl methyl sites for hydroxylation is 1. The van der Waals surface area contributed by atoms with Gasteiger partial charge in [-0.05, 0) is 18.8 Å². The first-order valence-electron chi connectivity index (χ1n) is 6.86. The van der Waals surface area contributed by atoms with E-state index < -0.39 is 17.8 Å². The van der Waals surface area contributed by atoms with Crippen molar-refractivity contribution in [3.8, 4) is 0 Å². The van der Waals surface area contributed by atoms with E-state index in [1.54, 1.807) is 18.1 Å². The Hall–Kier alpha value is -1.92. The lowest BCUT2D eigenvalue weighted by Crippen LogP contribution is -2.35. The van der Waals surface area contributed by atoms with Gasteiger partial charge in [0.05, 0.1) is 18.4 Å². The van der Waals surface area contributed by atoms with E-state index >= 15 is 0 Å². The van der Waals surface area contributed by atoms with Crippen LogP contribution in [0.3, 0.4) is 0 Å². The predicted octanol–water partition coefficient (Wildman–Crippen LogP) is 0.568. The summed E-state index contributed by atoms with van der Waals surface area (Å²) < 4.78 is 1.56. The van der Waals surface area contributed by atoms with Crippen molar-refractivity contribution in [1.29, 1.82) is 0 Å². The summed E-state index contributed by atoms with van der Waals surface area (Å²) in [7, 11) is 1.75. The molecule has 0 aliphatic heterocycles. The molecule has 1 aliphatic rings. The fourth-order valence-electron chi connectivity index (χ4n) is 2.80. The van der Waals surface area contributed by atoms with Gasteiger partial charge in [0.1, 0.15) is 6.33 Å². The number of nitrogens with one attached hydrogen (secondary N) is 1. The molecule has 2 N–H and O–H groups in total. The van der Waals surface area contributed by atoms with Crippen LogP contribution in [0.4, 0.5) is 0 Å². The lowest BCUT2D eigenvalue weighted by Gasteiger charge is -2.14. The van der Waals surface area contributed by atoms with E-state index in [-0.39, 0.29) is 12.5 Å². The molecule has 7 nitrogen and oxygen atoms in total. The Bertz CT molecular complexity index is 500. The summed E-state index contributed by atoms with van der Waals surface area (Å²) in [5.74, 6) is -1.26. The highest BCUT2D eigenvalue weighted by molar-refractivity contribution is 5.85. The molecule has 0 bridgehead atoms. The average molecular weight is 280 g/mol. The molecule has 0 spiro atoms. The largest absolute Gasteiger partial charge is 0.481 e. The third-order valence-corrected chi connectivity index (χ3v) is 3.96. The first-order valence-corrected chi connectivity index (χ1v) is 6.86. The number of nitrogens with zero attached hydrogens (tertiary/aromatic N) is 3. The van der Waals surface area contributed by atoms with Gasteiger partial charge in [-0.2, -0.15) is 5.10 Å². The zero-order chi connectivity index (χ0) is 14.7. The molecule has 20 heavy (non-hydrogen) atoms. The fraction of sp³-hybridized carbons (Fsp3) is 0.692. The molecule has 1 heterocycles. The van der Waals surface area contributed by atoms with Gasteiger partial charge in [-0.1, -0.05) is 13.3 Å². The van der Waals surface area contributed by atoms with Crippen LogP contribution in [-0.2, 0) is 23.2 Å². The van der Waals surface area contributed by atoms with E-state index in [1.807, 2.05) is 6.92 Å². The fourth-order valence-corrected chi connectivity index (χ4v) is 2.80. The Morgan fingerprint density at radius 1 is 1.45 bits per heavy atom. The summed E-state index contributed by atoms with van der Waals surface area (Å²) in [5.41, 5.74) is 0. The number of carbonyl (C=O) groups is 2. The van der Waals surface area contributed by atoms with Crippen LogP contribution in [0.25, 0.3) is 0 Å². The lowest BCUT2D eigenvalue weighted by molar-refractivity contribution is -0.146. The van der Waals surface area contributed by atoms with Gasteiger partial charge in [0.2, 0.25) is 5.91 Å². The molecule has 1 amide bonds. The molecule has 1 aliphatic carbocycles. The van der Waals surface area contributed by atoms with Gasteiger partial charge in [0.25, 0.3) is 0 Å². The number of aliphatic carboxylic acids is 1. The van der Waals surface area contributed by atoms with Crippen molar-refractivity contribution >= 4 is 11.9 Å². The Morgan fingerprint density at radius 2 is 2.15 bits per heavy atom. The Kier molecular flexibility index (Phi) is 4.36. The van der Waals surface area contributed by atoms with Crippen molar-refractivity contribution in [2.75, 3.05) is 0 Å². The van der Waals surface area contributed by atoms with Gasteiger partial charge >= 0.3 is 5.97 Å². The molecule has 0 saturated heterocycles. The second-order valence-corrected chi connectivity index (χ2v) is 5.35. The van der Waals surface area contributed by atoms with Gasteiger partial charge in [-0.15, -0.1) is 0 Å². The molecule has 2 rings (SSSR count). The van der Waals surface area contributed by atoms with Crippen molar-refractivity contribution in [3.63, 3.8) is 0 Å². The van der Waals surface area contributed by atoms with Gasteiger partial charge in [0, 0.05) is 7.05 Å². The maximum absolute atomic E-state index is 12.2. The van der Waals surface area contributed by atoms with Crippen LogP contribution in [0.2, 0.25) is 0 Å². The summed E-state index contributed by atoms with van der Waals surface area (Å²) >= 11 is 0. The second kappa shape index (κ2) is 6.02. The van der Waals surface area contributed by atoms with Gasteiger partial charge < -0.3 is 10.4 Å². The molecule has 110 valence electrons. The topological polar surface area (TPSA) is 97.1 Å². The number of carboxylic acid groups (broad SMARTS) is 1. The van der Waals surface area contributed by atoms with Crippen molar-refractivity contribution in [2.24, 2.45) is 24.8 Å². The molecule has 1 saturated carbocycles. The summed E-state index contributed by atoms with van der Waals surface area (Å²) in [6.07, 6.45) is 3.71. The monoisotopic (exact) mass is 280 g/mol. The lowest BCUT2D eigenvalue weighted by atomic mass is 9.95. The smallest absolute Gasteiger partial charge is 0.307 e. The van der Waals surface area contributed by atoms with E-state index in [0.717, 1.165) is 6.42 Å². The standard InChI is InChI=1S/C13H20N4O3/c1-3-8-4-9(10(5-8)13(19)20)12(18)14-6-11-15-7-17(2)16-11/h7-10H,3-6H2,1-2H3,(H,14,18)(H,19,20). The van der Waals surface area contributed by atoms with E-state index in [1.165, 1.54) is 0 Å². The number of amides is 1. The van der Waals surface area contributed by atoms with Crippen LogP contribution in [0.1, 0.15) is 32.0 Å². The zero-order valence-corrected chi connectivity index (χ0v) is 11.7. The number of carbonyl (C=O) groups excluding carboxylic acids is 1. The predicted molar refractivity (Wildman–Crippen MR) is 70.5 cm³/mol. The molecule has 1 aromatic heterocycles. The van der Waals surface area contributed by atoms with Gasteiger partial charge in [-0.25, -0.2) is 4.98 Å². The van der Waals surface area contributed by atoms with Crippen molar-refractivity contribution in [2.45, 2.75) is 32.7 Å². The summed E-state index contributed by atoms with van der Waals surface area (Å²) in [6.45, 7) is 2.26. The first kappa shape index (κ1) is 14.5. The Morgan fingerprint density at radius 3 is 2.70 bits per heavy atom. The molecule has 1 aromatic rings. The molecular weight excluding hydrogens is 260 g/mol. The maximum atomic E-state index is 12.2. The highest BCUT2D eigenvalue weighted by Crippen LogP contribution is 2.38. The molecule has 7 heteroatoms. The van der Waals surface area contributed by atoms with Crippen LogP contribution < -0.4 is 5.32 Å².